The first kappa shape index (κ1) is 18.7. The number of urea groups is 1. The highest BCUT2D eigenvalue weighted by atomic mass is 16.4. The maximum Gasteiger partial charge on any atom is 0.319 e. The topological polar surface area (TPSA) is 67.2 Å². The van der Waals surface area contributed by atoms with Gasteiger partial charge < -0.3 is 15.1 Å². The van der Waals surface area contributed by atoms with E-state index in [9.17, 15) is 4.79 Å². The first-order valence-corrected chi connectivity index (χ1v) is 9.11. The number of oxazole rings is 1. The third-order valence-electron chi connectivity index (χ3n) is 4.51. The molecule has 1 atom stereocenters. The first-order chi connectivity index (χ1) is 12.9. The number of anilines is 1. The fraction of sp³-hybridized carbons (Fsp3) is 0.273. The van der Waals surface area contributed by atoms with E-state index in [2.05, 4.69) is 29.5 Å². The van der Waals surface area contributed by atoms with Crippen LogP contribution in [0.3, 0.4) is 0 Å². The van der Waals surface area contributed by atoms with Gasteiger partial charge in [0.25, 0.3) is 0 Å². The van der Waals surface area contributed by atoms with Crippen molar-refractivity contribution in [3.05, 3.63) is 71.6 Å². The zero-order valence-electron chi connectivity index (χ0n) is 16.1. The number of aromatic nitrogens is 1. The van der Waals surface area contributed by atoms with E-state index in [0.717, 1.165) is 22.6 Å². The van der Waals surface area contributed by atoms with Crippen molar-refractivity contribution >= 4 is 11.7 Å². The Hall–Kier alpha value is -3.08. The zero-order valence-corrected chi connectivity index (χ0v) is 16.1. The van der Waals surface area contributed by atoms with Crippen molar-refractivity contribution in [2.75, 3.05) is 5.32 Å². The molecule has 0 spiro atoms. The number of aryl methyl sites for hydroxylation is 2. The van der Waals surface area contributed by atoms with Gasteiger partial charge in [0, 0.05) is 11.3 Å². The van der Waals surface area contributed by atoms with Crippen LogP contribution < -0.4 is 10.6 Å². The molecule has 0 saturated carbocycles. The zero-order chi connectivity index (χ0) is 19.4. The molecule has 3 rings (SSSR count). The summed E-state index contributed by atoms with van der Waals surface area (Å²) in [6.45, 7) is 7.97. The number of hydrogen-bond acceptors (Lipinski definition) is 3. The van der Waals surface area contributed by atoms with Gasteiger partial charge in [0.1, 0.15) is 5.76 Å². The summed E-state index contributed by atoms with van der Waals surface area (Å²) in [6, 6.07) is 17.2. The molecule has 0 aliphatic rings. The molecule has 2 amide bonds. The van der Waals surface area contributed by atoms with Gasteiger partial charge in [-0.05, 0) is 43.5 Å². The molecule has 0 aliphatic heterocycles. The van der Waals surface area contributed by atoms with Gasteiger partial charge in [0.05, 0.1) is 11.7 Å². The van der Waals surface area contributed by atoms with Gasteiger partial charge >= 0.3 is 6.03 Å². The van der Waals surface area contributed by atoms with Crippen LogP contribution in [0.15, 0.2) is 59.0 Å². The van der Waals surface area contributed by atoms with Crippen LogP contribution in [0.4, 0.5) is 10.5 Å². The van der Waals surface area contributed by atoms with Crippen molar-refractivity contribution in [1.82, 2.24) is 10.3 Å². The predicted molar refractivity (Wildman–Crippen MR) is 108 cm³/mol. The lowest BCUT2D eigenvalue weighted by Gasteiger charge is -2.23. The summed E-state index contributed by atoms with van der Waals surface area (Å²) < 4.78 is 5.67. The third kappa shape index (κ3) is 4.56. The van der Waals surface area contributed by atoms with Crippen molar-refractivity contribution < 1.29 is 9.21 Å². The second kappa shape index (κ2) is 8.08. The van der Waals surface area contributed by atoms with E-state index >= 15 is 0 Å². The molecule has 0 radical (unpaired) electrons. The Morgan fingerprint density at radius 2 is 1.78 bits per heavy atom. The van der Waals surface area contributed by atoms with Crippen LogP contribution in [0.2, 0.25) is 0 Å². The molecule has 2 aromatic carbocycles. The highest BCUT2D eigenvalue weighted by Crippen LogP contribution is 2.25. The largest absolute Gasteiger partial charge is 0.441 e. The number of carbonyl (C=O) groups is 1. The van der Waals surface area contributed by atoms with Gasteiger partial charge in [-0.25, -0.2) is 9.78 Å². The smallest absolute Gasteiger partial charge is 0.319 e. The predicted octanol–water partition coefficient (Wildman–Crippen LogP) is 5.48. The van der Waals surface area contributed by atoms with Crippen LogP contribution in [-0.2, 0) is 0 Å². The highest BCUT2D eigenvalue weighted by Gasteiger charge is 2.18. The van der Waals surface area contributed by atoms with E-state index in [1.807, 2.05) is 68.4 Å². The molecule has 140 valence electrons. The molecule has 27 heavy (non-hydrogen) atoms. The van der Waals surface area contributed by atoms with Crippen LogP contribution in [0, 0.1) is 19.8 Å². The summed E-state index contributed by atoms with van der Waals surface area (Å²) in [5, 5.41) is 5.97. The van der Waals surface area contributed by atoms with E-state index in [1.165, 1.54) is 0 Å². The SMILES string of the molecule is Cc1nc(-c2cccc(NC(=O)NC(c3ccccc3)C(C)C)c2)oc1C. The standard InChI is InChI=1S/C22H25N3O2/c1-14(2)20(17-9-6-5-7-10-17)25-22(26)24-19-12-8-11-18(13-19)21-23-15(3)16(4)27-21/h5-14,20H,1-4H3,(H2,24,25,26). The second-order valence-corrected chi connectivity index (χ2v) is 6.97. The van der Waals surface area contributed by atoms with E-state index in [-0.39, 0.29) is 18.0 Å². The van der Waals surface area contributed by atoms with E-state index < -0.39 is 0 Å². The minimum atomic E-state index is -0.241. The lowest BCUT2D eigenvalue weighted by molar-refractivity contribution is 0.244. The maximum atomic E-state index is 12.5. The molecule has 0 bridgehead atoms. The number of benzene rings is 2. The van der Waals surface area contributed by atoms with Crippen LogP contribution in [0.5, 0.6) is 0 Å². The lowest BCUT2D eigenvalue weighted by Crippen LogP contribution is -2.35. The number of carbonyl (C=O) groups excluding carboxylic acids is 1. The van der Waals surface area contributed by atoms with Crippen molar-refractivity contribution in [3.8, 4) is 11.5 Å². The summed E-state index contributed by atoms with van der Waals surface area (Å²) in [5.74, 6) is 1.62. The number of amides is 2. The summed E-state index contributed by atoms with van der Waals surface area (Å²) in [7, 11) is 0. The second-order valence-electron chi connectivity index (χ2n) is 6.97. The normalized spacial score (nSPS) is 12.0. The Balaban J connectivity index is 1.73. The minimum Gasteiger partial charge on any atom is -0.441 e. The molecule has 1 unspecified atom stereocenters. The quantitative estimate of drug-likeness (QED) is 0.631. The Kier molecular flexibility index (Phi) is 5.60. The van der Waals surface area contributed by atoms with Gasteiger partial charge in [-0.15, -0.1) is 0 Å². The van der Waals surface area contributed by atoms with Crippen molar-refractivity contribution in [2.24, 2.45) is 5.92 Å². The number of rotatable bonds is 5. The van der Waals surface area contributed by atoms with Gasteiger partial charge in [0.15, 0.2) is 0 Å². The number of hydrogen-bond donors (Lipinski definition) is 2. The van der Waals surface area contributed by atoms with Crippen LogP contribution >= 0.6 is 0 Å². The van der Waals surface area contributed by atoms with Crippen LogP contribution in [-0.4, -0.2) is 11.0 Å². The van der Waals surface area contributed by atoms with Crippen molar-refractivity contribution in [1.29, 1.82) is 0 Å². The summed E-state index contributed by atoms with van der Waals surface area (Å²) in [5.41, 5.74) is 3.47. The molecular weight excluding hydrogens is 338 g/mol. The average Bonchev–Trinajstić information content (AvgIpc) is 2.99. The third-order valence-corrected chi connectivity index (χ3v) is 4.51. The molecule has 0 saturated heterocycles. The number of nitrogens with one attached hydrogen (secondary N) is 2. The fourth-order valence-electron chi connectivity index (χ4n) is 2.93. The summed E-state index contributed by atoms with van der Waals surface area (Å²) >= 11 is 0. The lowest BCUT2D eigenvalue weighted by atomic mass is 9.96. The Bertz CT molecular complexity index is 897. The first-order valence-electron chi connectivity index (χ1n) is 9.11. The molecule has 0 aliphatic carbocycles. The molecule has 5 nitrogen and oxygen atoms in total. The van der Waals surface area contributed by atoms with Crippen LogP contribution in [0.1, 0.15) is 36.9 Å². The van der Waals surface area contributed by atoms with Gasteiger partial charge in [-0.3, -0.25) is 0 Å². The fourth-order valence-corrected chi connectivity index (χ4v) is 2.93. The molecule has 1 heterocycles. The molecule has 3 aromatic rings. The van der Waals surface area contributed by atoms with E-state index in [0.29, 0.717) is 11.6 Å². The Morgan fingerprint density at radius 3 is 2.41 bits per heavy atom. The molecular formula is C22H25N3O2. The molecule has 1 aromatic heterocycles. The van der Waals surface area contributed by atoms with Crippen molar-refractivity contribution in [3.63, 3.8) is 0 Å². The number of nitrogens with zero attached hydrogens (tertiary/aromatic N) is 1. The minimum absolute atomic E-state index is 0.0635. The molecule has 2 N–H and O–H groups in total. The van der Waals surface area contributed by atoms with Crippen molar-refractivity contribution in [2.45, 2.75) is 33.7 Å². The van der Waals surface area contributed by atoms with E-state index in [4.69, 9.17) is 4.42 Å². The van der Waals surface area contributed by atoms with E-state index in [1.54, 1.807) is 0 Å². The highest BCUT2D eigenvalue weighted by molar-refractivity contribution is 5.90. The van der Waals surface area contributed by atoms with Gasteiger partial charge in [-0.1, -0.05) is 50.2 Å². The van der Waals surface area contributed by atoms with Gasteiger partial charge in [-0.2, -0.15) is 0 Å². The molecule has 5 heteroatoms. The van der Waals surface area contributed by atoms with Gasteiger partial charge in [0.2, 0.25) is 5.89 Å². The van der Waals surface area contributed by atoms with Crippen LogP contribution in [0.25, 0.3) is 11.5 Å². The summed E-state index contributed by atoms with van der Waals surface area (Å²) in [6.07, 6.45) is 0. The maximum absolute atomic E-state index is 12.5. The molecule has 0 fully saturated rings. The summed E-state index contributed by atoms with van der Waals surface area (Å²) in [4.78, 5) is 17.0. The Labute approximate surface area is 159 Å². The average molecular weight is 363 g/mol. The Morgan fingerprint density at radius 1 is 1.04 bits per heavy atom. The monoisotopic (exact) mass is 363 g/mol.